The average Bonchev–Trinajstić information content (AvgIpc) is 3.75. The normalized spacial score (nSPS) is 16.1. The van der Waals surface area contributed by atoms with Crippen LogP contribution in [0.15, 0.2) is 46.6 Å². The molecule has 0 fully saturated rings. The molecule has 2 aliphatic heterocycles. The number of amides is 4. The Morgan fingerprint density at radius 3 is 2.41 bits per heavy atom. The number of fused-ring (bicyclic) bond motifs is 5. The first-order valence-corrected chi connectivity index (χ1v) is 26.9. The minimum atomic E-state index is -3.59. The molecular formula is C53H66FN9O11S. The van der Waals surface area contributed by atoms with Gasteiger partial charge in [-0.15, -0.1) is 0 Å². The summed E-state index contributed by atoms with van der Waals surface area (Å²) < 4.78 is 50.8. The van der Waals surface area contributed by atoms with Crippen LogP contribution >= 0.6 is 0 Å². The molecule has 4 atom stereocenters. The van der Waals surface area contributed by atoms with E-state index >= 15 is 0 Å². The van der Waals surface area contributed by atoms with Gasteiger partial charge >= 0.3 is 5.97 Å². The van der Waals surface area contributed by atoms with E-state index in [0.29, 0.717) is 51.0 Å². The molecule has 0 radical (unpaired) electrons. The van der Waals surface area contributed by atoms with Crippen LogP contribution < -0.4 is 27.2 Å². The second kappa shape index (κ2) is 25.1. The SMILES string of the molecule is CCN(CC)CCCC[C@H](NC(=O)[C@@H](C(C)C)C(CCC#Cc1cnc(S(C)(=O)=O)nc1)C(N)=O)C(=O)NCC(=O)NCOC/C=C/c1c2c(nc3cc(F)c(C)cc13)-c1cc3c(c(=O)n1C2)COC(=O)[C@]3(O)CC. The lowest BCUT2D eigenvalue weighted by molar-refractivity contribution is -0.172. The fourth-order valence-corrected chi connectivity index (χ4v) is 9.87. The number of esters is 1. The van der Waals surface area contributed by atoms with Crippen molar-refractivity contribution in [3.63, 3.8) is 0 Å². The van der Waals surface area contributed by atoms with Gasteiger partial charge in [-0.1, -0.05) is 58.6 Å². The number of halogens is 1. The highest BCUT2D eigenvalue weighted by atomic mass is 32.2. The number of nitrogens with zero attached hydrogens (tertiary/aromatic N) is 5. The molecule has 0 aliphatic carbocycles. The number of rotatable bonds is 24. The van der Waals surface area contributed by atoms with Crippen molar-refractivity contribution in [2.45, 2.75) is 110 Å². The van der Waals surface area contributed by atoms with Gasteiger partial charge in [0.25, 0.3) is 5.56 Å². The number of ether oxygens (including phenoxy) is 2. The topological polar surface area (TPSA) is 284 Å². The van der Waals surface area contributed by atoms with E-state index in [0.717, 1.165) is 32.3 Å². The Hall–Kier alpha value is -6.93. The number of pyridine rings is 2. The van der Waals surface area contributed by atoms with Crippen LogP contribution in [0.3, 0.4) is 0 Å². The van der Waals surface area contributed by atoms with Crippen molar-refractivity contribution in [2.75, 3.05) is 45.8 Å². The number of nitrogens with two attached hydrogens (primary N) is 1. The Morgan fingerprint density at radius 1 is 1.04 bits per heavy atom. The lowest BCUT2D eigenvalue weighted by atomic mass is 9.79. The zero-order chi connectivity index (χ0) is 54.8. The molecule has 6 N–H and O–H groups in total. The van der Waals surface area contributed by atoms with Crippen molar-refractivity contribution in [3.05, 3.63) is 86.2 Å². The molecule has 3 aromatic heterocycles. The summed E-state index contributed by atoms with van der Waals surface area (Å²) in [6.45, 7) is 12.5. The molecule has 5 heterocycles. The van der Waals surface area contributed by atoms with Crippen LogP contribution in [0.1, 0.15) is 107 Å². The van der Waals surface area contributed by atoms with Crippen molar-refractivity contribution in [2.24, 2.45) is 23.5 Å². The van der Waals surface area contributed by atoms with Crippen molar-refractivity contribution < 1.29 is 51.4 Å². The third-order valence-electron chi connectivity index (χ3n) is 13.6. The van der Waals surface area contributed by atoms with Gasteiger partial charge in [-0.3, -0.25) is 24.0 Å². The molecule has 0 spiro atoms. The first-order valence-electron chi connectivity index (χ1n) is 25.0. The number of sulfone groups is 1. The van der Waals surface area contributed by atoms with Gasteiger partial charge in [0.05, 0.1) is 59.6 Å². The maximum absolute atomic E-state index is 15.0. The van der Waals surface area contributed by atoms with Crippen LogP contribution in [0.25, 0.3) is 28.4 Å². The number of carbonyl (C=O) groups is 5. The number of benzene rings is 1. The van der Waals surface area contributed by atoms with Crippen molar-refractivity contribution in [3.8, 4) is 23.2 Å². The fraction of sp³-hybridized carbons (Fsp3) is 0.491. The minimum absolute atomic E-state index is 0.00309. The fourth-order valence-electron chi connectivity index (χ4n) is 9.38. The van der Waals surface area contributed by atoms with Gasteiger partial charge in [0.1, 0.15) is 25.2 Å². The zero-order valence-corrected chi connectivity index (χ0v) is 44.2. The lowest BCUT2D eigenvalue weighted by Gasteiger charge is -2.31. The molecule has 75 heavy (non-hydrogen) atoms. The number of unbranched alkanes of at least 4 members (excludes halogenated alkanes) is 1. The van der Waals surface area contributed by atoms with Crippen LogP contribution in [-0.2, 0) is 62.0 Å². The van der Waals surface area contributed by atoms with Crippen LogP contribution in [-0.4, -0.2) is 119 Å². The summed E-state index contributed by atoms with van der Waals surface area (Å²) in [5, 5.41) is 19.6. The smallest absolute Gasteiger partial charge is 0.343 e. The third kappa shape index (κ3) is 13.5. The monoisotopic (exact) mass is 1060 g/mol. The maximum Gasteiger partial charge on any atom is 0.343 e. The number of nitrogens with one attached hydrogen (secondary N) is 3. The molecule has 0 saturated carbocycles. The summed E-state index contributed by atoms with van der Waals surface area (Å²) in [7, 11) is -3.59. The highest BCUT2D eigenvalue weighted by Gasteiger charge is 2.45. The van der Waals surface area contributed by atoms with Gasteiger partial charge in [0, 0.05) is 47.6 Å². The van der Waals surface area contributed by atoms with E-state index in [1.54, 1.807) is 52.0 Å². The second-order valence-corrected chi connectivity index (χ2v) is 20.9. The lowest BCUT2D eigenvalue weighted by Crippen LogP contribution is -2.52. The Labute approximate surface area is 435 Å². The summed E-state index contributed by atoms with van der Waals surface area (Å²) in [5.74, 6) is -0.276. The quantitative estimate of drug-likeness (QED) is 0.0195. The van der Waals surface area contributed by atoms with E-state index in [2.05, 4.69) is 56.5 Å². The first kappa shape index (κ1) is 57.4. The van der Waals surface area contributed by atoms with Crippen LogP contribution in [0.2, 0.25) is 0 Å². The highest BCUT2D eigenvalue weighted by molar-refractivity contribution is 7.90. The van der Waals surface area contributed by atoms with Gasteiger partial charge < -0.3 is 45.7 Å². The number of hydrogen-bond acceptors (Lipinski definition) is 15. The number of carbonyl (C=O) groups excluding carboxylic acids is 5. The molecule has 22 heteroatoms. The molecule has 20 nitrogen and oxygen atoms in total. The van der Waals surface area contributed by atoms with Gasteiger partial charge in [-0.2, -0.15) is 0 Å². The number of aryl methyl sites for hydroxylation is 1. The Kier molecular flexibility index (Phi) is 19.2. The van der Waals surface area contributed by atoms with Gasteiger partial charge in [0.2, 0.25) is 38.6 Å². The number of aromatic nitrogens is 4. The molecule has 4 amide bonds. The van der Waals surface area contributed by atoms with Crippen molar-refractivity contribution in [1.29, 1.82) is 0 Å². The van der Waals surface area contributed by atoms with Gasteiger partial charge in [0.15, 0.2) is 5.60 Å². The molecule has 2 aliphatic rings. The minimum Gasteiger partial charge on any atom is -0.458 e. The summed E-state index contributed by atoms with van der Waals surface area (Å²) in [6, 6.07) is 3.51. The van der Waals surface area contributed by atoms with Crippen LogP contribution in [0.4, 0.5) is 4.39 Å². The third-order valence-corrected chi connectivity index (χ3v) is 14.5. The standard InChI is InChI=1S/C53H66FN9O11S/c1-8-53(70)39-23-43-46-37(28-63(43)50(68)38(39)29-74-51(53)69)34(36-22-32(6)40(54)24-42(36)60-46)18-15-21-73-30-59-44(64)27-56-48(66)41(19-13-14-20-62(9-2)10-3)61-49(67)45(31(4)5)35(47(55)65)17-12-11-16-33-25-57-52(58-26-33)75(7,71)72/h15,18,22-26,31,35,41,45,70H,8-10,12-14,17,19-21,27-30H2,1-7H3,(H2,55,65)(H,56,66)(H,59,64)(H,61,67)/b18-15+/t35?,41-,45-,53-/m0/s1. The largest absolute Gasteiger partial charge is 0.458 e. The zero-order valence-electron chi connectivity index (χ0n) is 43.4. The van der Waals surface area contributed by atoms with E-state index < -0.39 is 80.8 Å². The van der Waals surface area contributed by atoms with Gasteiger partial charge in [-0.05, 0) is 87.8 Å². The van der Waals surface area contributed by atoms with E-state index in [-0.39, 0.29) is 74.4 Å². The van der Waals surface area contributed by atoms with Crippen LogP contribution in [0, 0.1) is 42.3 Å². The van der Waals surface area contributed by atoms with E-state index in [1.807, 2.05) is 0 Å². The summed E-state index contributed by atoms with van der Waals surface area (Å²) >= 11 is 0. The highest BCUT2D eigenvalue weighted by Crippen LogP contribution is 2.41. The molecule has 0 bridgehead atoms. The second-order valence-electron chi connectivity index (χ2n) is 19.0. The molecule has 6 rings (SSSR count). The van der Waals surface area contributed by atoms with Crippen LogP contribution in [0.5, 0.6) is 0 Å². The molecule has 0 saturated heterocycles. The molecule has 1 aromatic carbocycles. The predicted octanol–water partition coefficient (Wildman–Crippen LogP) is 3.14. The first-order chi connectivity index (χ1) is 35.6. The Bertz CT molecular complexity index is 3090. The van der Waals surface area contributed by atoms with Crippen molar-refractivity contribution in [1.82, 2.24) is 40.4 Å². The molecule has 4 aromatic rings. The van der Waals surface area contributed by atoms with E-state index in [9.17, 15) is 46.7 Å². The Morgan fingerprint density at radius 2 is 1.76 bits per heavy atom. The van der Waals surface area contributed by atoms with E-state index in [4.69, 9.17) is 20.2 Å². The van der Waals surface area contributed by atoms with Crippen molar-refractivity contribution >= 4 is 56.4 Å². The maximum atomic E-state index is 15.0. The number of hydrogen-bond donors (Lipinski definition) is 5. The molecular weight excluding hydrogens is 990 g/mol. The predicted molar refractivity (Wildman–Crippen MR) is 276 cm³/mol. The molecule has 402 valence electrons. The summed E-state index contributed by atoms with van der Waals surface area (Å²) in [4.78, 5) is 94.8. The van der Waals surface area contributed by atoms with Gasteiger partial charge in [-0.25, -0.2) is 32.6 Å². The summed E-state index contributed by atoms with van der Waals surface area (Å²) in [5.41, 5.74) is 6.82. The number of primary amides is 1. The average molecular weight is 1060 g/mol. The Balaban J connectivity index is 1.08. The van der Waals surface area contributed by atoms with E-state index in [1.165, 1.54) is 23.0 Å². The summed E-state index contributed by atoms with van der Waals surface area (Å²) in [6.07, 6.45) is 8.80. The molecule has 1 unspecified atom stereocenters. The number of aliphatic hydroxyl groups is 1. The number of cyclic esters (lactones) is 1.